The van der Waals surface area contributed by atoms with E-state index in [1.54, 1.807) is 18.0 Å². The predicted molar refractivity (Wildman–Crippen MR) is 153 cm³/mol. The van der Waals surface area contributed by atoms with Crippen LogP contribution in [0.5, 0.6) is 5.75 Å². The molecule has 2 aromatic rings. The molecule has 12 heteroatoms. The molecule has 2 amide bonds. The fraction of sp³-hybridized carbons (Fsp3) is 0.419. The van der Waals surface area contributed by atoms with Gasteiger partial charge in [-0.1, -0.05) is 36.4 Å². The van der Waals surface area contributed by atoms with Crippen LogP contribution < -0.4 is 11.1 Å². The third kappa shape index (κ3) is 4.94. The van der Waals surface area contributed by atoms with Crippen LogP contribution in [0.3, 0.4) is 0 Å². The molecule has 0 heterocycles. The van der Waals surface area contributed by atoms with Crippen LogP contribution in [0.2, 0.25) is 0 Å². The van der Waals surface area contributed by atoms with Crippen molar-refractivity contribution in [2.45, 2.75) is 31.0 Å². The number of amides is 2. The Labute approximate surface area is 247 Å². The molecular formula is C31H34N4O8. The van der Waals surface area contributed by atoms with Gasteiger partial charge in [-0.25, -0.2) is 0 Å². The molecule has 0 aliphatic heterocycles. The van der Waals surface area contributed by atoms with Gasteiger partial charge in [-0.05, 0) is 57.1 Å². The van der Waals surface area contributed by atoms with Crippen molar-refractivity contribution < 1.29 is 39.0 Å². The highest BCUT2D eigenvalue weighted by Gasteiger charge is 2.69. The van der Waals surface area contributed by atoms with E-state index in [0.717, 1.165) is 5.56 Å². The summed E-state index contributed by atoms with van der Waals surface area (Å²) in [5.41, 5.74) is 3.80. The van der Waals surface area contributed by atoms with Crippen molar-refractivity contribution in [3.63, 3.8) is 0 Å². The summed E-state index contributed by atoms with van der Waals surface area (Å²) in [6, 6.07) is 11.4. The number of carbonyl (C=O) groups is 6. The highest BCUT2D eigenvalue weighted by molar-refractivity contribution is 6.32. The summed E-state index contributed by atoms with van der Waals surface area (Å²) in [7, 11) is 4.82. The lowest BCUT2D eigenvalue weighted by molar-refractivity contribution is -0.181. The molecule has 2 saturated carbocycles. The summed E-state index contributed by atoms with van der Waals surface area (Å²) in [6.07, 6.45) is 0.115. The van der Waals surface area contributed by atoms with Crippen LogP contribution in [0.4, 0.5) is 5.69 Å². The molecule has 4 unspecified atom stereocenters. The monoisotopic (exact) mass is 590 g/mol. The van der Waals surface area contributed by atoms with Gasteiger partial charge in [0.2, 0.25) is 11.8 Å². The molecule has 5 rings (SSSR count). The van der Waals surface area contributed by atoms with E-state index >= 15 is 0 Å². The number of hydrogen-bond donors (Lipinski definition) is 4. The minimum Gasteiger partial charge on any atom is -0.505 e. The van der Waals surface area contributed by atoms with Gasteiger partial charge in [-0.15, -0.1) is 0 Å². The third-order valence-corrected chi connectivity index (χ3v) is 8.92. The molecule has 0 bridgehead atoms. The molecule has 2 fully saturated rings. The summed E-state index contributed by atoms with van der Waals surface area (Å²) in [5.74, 6) is -11.7. The Balaban J connectivity index is 1.42. The van der Waals surface area contributed by atoms with Crippen LogP contribution in [0.25, 0.3) is 0 Å². The molecule has 226 valence electrons. The fourth-order valence-corrected chi connectivity index (χ4v) is 7.07. The Morgan fingerprint density at radius 2 is 1.70 bits per heavy atom. The van der Waals surface area contributed by atoms with E-state index in [1.165, 1.54) is 25.1 Å². The summed E-state index contributed by atoms with van der Waals surface area (Å²) in [6.45, 7) is 0.499. The highest BCUT2D eigenvalue weighted by atomic mass is 16.3. The number of likely N-dealkylation sites (N-methyl/N-ethyl adjacent to an activating group) is 2. The standard InChI is InChI=1S/C31H34N4O8/c1-34(2)24-18-12-17-11-16-9-10-19(33-20(36)14-35(3)13-15-7-5-4-6-8-15)25(37)21(16)26(38)22(17)28(40)31(18,43)29(41)23(27(24)39)30(32)42/h4-10,17-18,22-24,37,43H,11-14H2,1-3H3,(H2,32,42)(H,33,36)/t17?,18?,22?,23?,24-,31-/m0/s1. The van der Waals surface area contributed by atoms with Gasteiger partial charge in [0.05, 0.1) is 29.8 Å². The maximum atomic E-state index is 13.9. The number of ketones is 4. The molecule has 5 N–H and O–H groups in total. The second kappa shape index (κ2) is 11.1. The van der Waals surface area contributed by atoms with Crippen molar-refractivity contribution in [2.75, 3.05) is 33.0 Å². The van der Waals surface area contributed by atoms with E-state index in [9.17, 15) is 39.0 Å². The molecule has 43 heavy (non-hydrogen) atoms. The number of Topliss-reactive ketones (excluding diaryl/α,β-unsaturated/α-hetero) is 4. The lowest BCUT2D eigenvalue weighted by atomic mass is 9.52. The number of primary amides is 1. The first-order valence-corrected chi connectivity index (χ1v) is 14.0. The van der Waals surface area contributed by atoms with Crippen LogP contribution in [0.15, 0.2) is 42.5 Å². The van der Waals surface area contributed by atoms with Crippen LogP contribution >= 0.6 is 0 Å². The quantitative estimate of drug-likeness (QED) is 0.251. The van der Waals surface area contributed by atoms with Gasteiger partial charge in [0.1, 0.15) is 5.75 Å². The molecular weight excluding hydrogens is 556 g/mol. The van der Waals surface area contributed by atoms with Gasteiger partial charge in [0, 0.05) is 12.5 Å². The summed E-state index contributed by atoms with van der Waals surface area (Å²) in [4.78, 5) is 82.3. The van der Waals surface area contributed by atoms with Gasteiger partial charge >= 0.3 is 0 Å². The minimum atomic E-state index is -2.79. The van der Waals surface area contributed by atoms with Crippen LogP contribution in [0.1, 0.15) is 27.9 Å². The Hall–Kier alpha value is -4.26. The molecule has 3 aliphatic rings. The van der Waals surface area contributed by atoms with E-state index in [0.29, 0.717) is 12.1 Å². The number of aromatic hydroxyl groups is 1. The topological polar surface area (TPSA) is 187 Å². The van der Waals surface area contributed by atoms with Crippen LogP contribution in [0, 0.1) is 23.7 Å². The molecule has 2 aromatic carbocycles. The molecule has 0 spiro atoms. The summed E-state index contributed by atoms with van der Waals surface area (Å²) < 4.78 is 0. The van der Waals surface area contributed by atoms with Gasteiger partial charge in [-0.3, -0.25) is 38.6 Å². The number of nitrogens with zero attached hydrogens (tertiary/aromatic N) is 2. The maximum absolute atomic E-state index is 13.9. The number of benzene rings is 2. The lowest BCUT2D eigenvalue weighted by Crippen LogP contribution is -2.74. The van der Waals surface area contributed by atoms with Gasteiger partial charge in [-0.2, -0.15) is 0 Å². The van der Waals surface area contributed by atoms with Gasteiger partial charge < -0.3 is 21.3 Å². The molecule has 0 aromatic heterocycles. The second-order valence-corrected chi connectivity index (χ2v) is 12.0. The first kappa shape index (κ1) is 30.2. The van der Waals surface area contributed by atoms with E-state index in [4.69, 9.17) is 5.73 Å². The molecule has 3 aliphatic carbocycles. The van der Waals surface area contributed by atoms with E-state index in [2.05, 4.69) is 5.32 Å². The second-order valence-electron chi connectivity index (χ2n) is 12.0. The predicted octanol–water partition coefficient (Wildman–Crippen LogP) is -0.0625. The number of phenols is 1. The van der Waals surface area contributed by atoms with Gasteiger partial charge in [0.25, 0.3) is 0 Å². The zero-order chi connectivity index (χ0) is 31.4. The first-order chi connectivity index (χ1) is 20.3. The van der Waals surface area contributed by atoms with Crippen molar-refractivity contribution in [3.8, 4) is 5.75 Å². The Morgan fingerprint density at radius 3 is 2.33 bits per heavy atom. The molecule has 0 saturated heterocycles. The average molecular weight is 591 g/mol. The van der Waals surface area contributed by atoms with Crippen molar-refractivity contribution in [1.29, 1.82) is 0 Å². The number of hydrogen-bond acceptors (Lipinski definition) is 10. The summed E-state index contributed by atoms with van der Waals surface area (Å²) in [5, 5.41) is 25.4. The van der Waals surface area contributed by atoms with E-state index in [-0.39, 0.29) is 30.6 Å². The average Bonchev–Trinajstić information content (AvgIpc) is 2.92. The zero-order valence-electron chi connectivity index (χ0n) is 24.1. The van der Waals surface area contributed by atoms with E-state index in [1.807, 2.05) is 30.3 Å². The Kier molecular flexibility index (Phi) is 7.80. The van der Waals surface area contributed by atoms with Crippen LogP contribution in [-0.4, -0.2) is 94.3 Å². The van der Waals surface area contributed by atoms with Gasteiger partial charge in [0.15, 0.2) is 34.7 Å². The smallest absolute Gasteiger partial charge is 0.238 e. The first-order valence-electron chi connectivity index (χ1n) is 14.0. The number of rotatable bonds is 7. The molecule has 0 radical (unpaired) electrons. The van der Waals surface area contributed by atoms with Crippen LogP contribution in [-0.2, 0) is 36.9 Å². The normalized spacial score (nSPS) is 28.4. The maximum Gasteiger partial charge on any atom is 0.238 e. The van der Waals surface area contributed by atoms with Crippen molar-refractivity contribution in [3.05, 3.63) is 59.2 Å². The number of aliphatic hydroxyl groups is 1. The Morgan fingerprint density at radius 1 is 1.02 bits per heavy atom. The number of nitrogens with two attached hydrogens (primary N) is 1. The molecule has 6 atom stereocenters. The number of anilines is 1. The lowest BCUT2D eigenvalue weighted by Gasteiger charge is -2.52. The van der Waals surface area contributed by atoms with E-state index < -0.39 is 76.0 Å². The number of fused-ring (bicyclic) bond motifs is 3. The third-order valence-electron chi connectivity index (χ3n) is 8.92. The molecule has 12 nitrogen and oxygen atoms in total. The van der Waals surface area contributed by atoms with Crippen molar-refractivity contribution in [1.82, 2.24) is 9.80 Å². The number of nitrogens with one attached hydrogen (secondary N) is 1. The summed E-state index contributed by atoms with van der Waals surface area (Å²) >= 11 is 0. The highest BCUT2D eigenvalue weighted by Crippen LogP contribution is 2.51. The van der Waals surface area contributed by atoms with Crippen molar-refractivity contribution >= 4 is 40.6 Å². The SMILES string of the molecule is CN(CC(=O)Nc1ccc2c(c1O)C(=O)C1C(=O)[C@]3(O)C(=O)C(C(N)=O)C(=O)[C@@H](N(C)C)C3CC1C2)Cc1ccccc1. The number of phenolic OH excluding ortho intramolecular Hbond substituents is 1. The Bertz CT molecular complexity index is 1540. The zero-order valence-corrected chi connectivity index (χ0v) is 24.1. The minimum absolute atomic E-state index is 0.00806. The van der Waals surface area contributed by atoms with Crippen molar-refractivity contribution in [2.24, 2.45) is 29.4 Å². The number of carbonyl (C=O) groups excluding carboxylic acids is 6. The largest absolute Gasteiger partial charge is 0.505 e. The fourth-order valence-electron chi connectivity index (χ4n) is 7.07.